The minimum absolute atomic E-state index is 0.0216. The van der Waals surface area contributed by atoms with Crippen LogP contribution in [0.25, 0.3) is 0 Å². The van der Waals surface area contributed by atoms with E-state index in [4.69, 9.17) is 9.84 Å². The Morgan fingerprint density at radius 3 is 2.70 bits per heavy atom. The number of carboxylic acids is 1. The van der Waals surface area contributed by atoms with Crippen LogP contribution >= 0.6 is 11.3 Å². The van der Waals surface area contributed by atoms with E-state index in [2.05, 4.69) is 5.32 Å². The van der Waals surface area contributed by atoms with Crippen molar-refractivity contribution in [3.63, 3.8) is 0 Å². The molecule has 128 valence electrons. The Balaban J connectivity index is 1.97. The van der Waals surface area contributed by atoms with Crippen LogP contribution in [-0.2, 0) is 19.6 Å². The summed E-state index contributed by atoms with van der Waals surface area (Å²) in [7, 11) is -3.64. The fraction of sp³-hybridized carbons (Fsp3) is 0.538. The van der Waals surface area contributed by atoms with Gasteiger partial charge < -0.3 is 15.2 Å². The normalized spacial score (nSPS) is 15.7. The van der Waals surface area contributed by atoms with Gasteiger partial charge in [-0.2, -0.15) is 4.31 Å². The zero-order valence-electron chi connectivity index (χ0n) is 12.4. The van der Waals surface area contributed by atoms with Crippen LogP contribution in [0.15, 0.2) is 16.3 Å². The molecule has 8 nitrogen and oxygen atoms in total. The van der Waals surface area contributed by atoms with E-state index in [1.165, 1.54) is 10.4 Å². The fourth-order valence-corrected chi connectivity index (χ4v) is 5.04. The molecule has 0 saturated carbocycles. The van der Waals surface area contributed by atoms with E-state index in [-0.39, 0.29) is 22.9 Å². The highest BCUT2D eigenvalue weighted by molar-refractivity contribution is 7.89. The average molecular weight is 362 g/mol. The molecule has 0 aromatic carbocycles. The van der Waals surface area contributed by atoms with Gasteiger partial charge in [-0.05, 0) is 24.3 Å². The van der Waals surface area contributed by atoms with Crippen molar-refractivity contribution < 1.29 is 27.9 Å². The molecule has 10 heteroatoms. The van der Waals surface area contributed by atoms with Crippen LogP contribution in [0.1, 0.15) is 22.5 Å². The summed E-state index contributed by atoms with van der Waals surface area (Å²) >= 11 is 1.06. The zero-order valence-corrected chi connectivity index (χ0v) is 14.0. The van der Waals surface area contributed by atoms with Crippen LogP contribution in [0, 0.1) is 0 Å². The summed E-state index contributed by atoms with van der Waals surface area (Å²) in [6.07, 6.45) is 1.65. The summed E-state index contributed by atoms with van der Waals surface area (Å²) in [6, 6.07) is 1.44. The lowest BCUT2D eigenvalue weighted by Gasteiger charge is -2.15. The molecule has 0 bridgehead atoms. The second-order valence-corrected chi connectivity index (χ2v) is 7.75. The predicted octanol–water partition coefficient (Wildman–Crippen LogP) is 0.364. The number of rotatable bonds is 8. The second-order valence-electron chi connectivity index (χ2n) is 4.93. The maximum Gasteiger partial charge on any atom is 0.329 e. The zero-order chi connectivity index (χ0) is 16.9. The van der Waals surface area contributed by atoms with Crippen LogP contribution in [0.2, 0.25) is 0 Å². The third-order valence-electron chi connectivity index (χ3n) is 3.28. The minimum atomic E-state index is -3.64. The molecular weight excluding hydrogens is 344 g/mol. The molecule has 1 saturated heterocycles. The van der Waals surface area contributed by atoms with Gasteiger partial charge in [-0.15, -0.1) is 11.3 Å². The monoisotopic (exact) mass is 362 g/mol. The third kappa shape index (κ3) is 4.50. The number of aliphatic carboxylic acids is 1. The average Bonchev–Trinajstić information content (AvgIpc) is 3.18. The lowest BCUT2D eigenvalue weighted by molar-refractivity contribution is -0.142. The summed E-state index contributed by atoms with van der Waals surface area (Å²) in [5.41, 5.74) is 0. The molecule has 1 aromatic rings. The molecule has 1 aliphatic heterocycles. The summed E-state index contributed by atoms with van der Waals surface area (Å²) in [5.74, 6) is -1.59. The second kappa shape index (κ2) is 7.86. The molecule has 23 heavy (non-hydrogen) atoms. The lowest BCUT2D eigenvalue weighted by atomic mass is 10.4. The molecule has 0 unspecified atom stereocenters. The molecule has 1 amide bonds. The molecule has 1 aliphatic rings. The Bertz CT molecular complexity index is 664. The maximum atomic E-state index is 12.5. The number of ether oxygens (including phenoxy) is 1. The summed E-state index contributed by atoms with van der Waals surface area (Å²) in [4.78, 5) is 22.6. The maximum absolute atomic E-state index is 12.5. The number of nitrogens with zero attached hydrogens (tertiary/aromatic N) is 1. The topological polar surface area (TPSA) is 113 Å². The van der Waals surface area contributed by atoms with E-state index < -0.39 is 28.5 Å². The number of amides is 1. The first kappa shape index (κ1) is 17.9. The van der Waals surface area contributed by atoms with Crippen molar-refractivity contribution in [3.8, 4) is 0 Å². The van der Waals surface area contributed by atoms with Crippen LogP contribution < -0.4 is 5.32 Å². The number of nitrogens with one attached hydrogen (secondary N) is 1. The van der Waals surface area contributed by atoms with E-state index in [0.29, 0.717) is 13.1 Å². The minimum Gasteiger partial charge on any atom is -0.480 e. The molecule has 0 aliphatic carbocycles. The number of sulfonamides is 1. The van der Waals surface area contributed by atoms with Gasteiger partial charge in [0.2, 0.25) is 10.0 Å². The van der Waals surface area contributed by atoms with Gasteiger partial charge in [0.1, 0.15) is 16.4 Å². The number of carboxylic acid groups (broad SMARTS) is 1. The fourth-order valence-electron chi connectivity index (χ4n) is 2.21. The van der Waals surface area contributed by atoms with Gasteiger partial charge in [-0.25, -0.2) is 13.2 Å². The standard InChI is InChI=1S/C13H18N2O6S2/c16-11(17)9-21-7-4-14-13(18)12-10(3-8-22-12)23(19,20)15-5-1-2-6-15/h3,8H,1-2,4-7,9H2,(H,14,18)(H,16,17). The van der Waals surface area contributed by atoms with Crippen molar-refractivity contribution in [1.29, 1.82) is 0 Å². The van der Waals surface area contributed by atoms with E-state index in [1.54, 1.807) is 5.38 Å². The van der Waals surface area contributed by atoms with Crippen molar-refractivity contribution in [2.45, 2.75) is 17.7 Å². The van der Waals surface area contributed by atoms with Crippen molar-refractivity contribution >= 4 is 33.2 Å². The molecular formula is C13H18N2O6S2. The Morgan fingerprint density at radius 2 is 2.04 bits per heavy atom. The molecule has 1 aromatic heterocycles. The van der Waals surface area contributed by atoms with E-state index in [9.17, 15) is 18.0 Å². The quantitative estimate of drug-likeness (QED) is 0.646. The van der Waals surface area contributed by atoms with Crippen LogP contribution in [0.3, 0.4) is 0 Å². The smallest absolute Gasteiger partial charge is 0.329 e. The van der Waals surface area contributed by atoms with Crippen molar-refractivity contribution in [1.82, 2.24) is 9.62 Å². The van der Waals surface area contributed by atoms with E-state index in [1.807, 2.05) is 0 Å². The summed E-state index contributed by atoms with van der Waals surface area (Å²) < 4.78 is 31.3. The predicted molar refractivity (Wildman–Crippen MR) is 83.1 cm³/mol. The van der Waals surface area contributed by atoms with Gasteiger partial charge in [0.05, 0.1) is 6.61 Å². The highest BCUT2D eigenvalue weighted by Crippen LogP contribution is 2.27. The first-order chi connectivity index (χ1) is 10.9. The first-order valence-corrected chi connectivity index (χ1v) is 9.40. The number of thiophene rings is 1. The number of carbonyl (C=O) groups is 2. The van der Waals surface area contributed by atoms with Gasteiger partial charge >= 0.3 is 5.97 Å². The molecule has 1 fully saturated rings. The highest BCUT2D eigenvalue weighted by Gasteiger charge is 2.31. The van der Waals surface area contributed by atoms with E-state index in [0.717, 1.165) is 24.2 Å². The molecule has 2 rings (SSSR count). The Hall–Kier alpha value is -1.49. The first-order valence-electron chi connectivity index (χ1n) is 7.08. The number of carbonyl (C=O) groups excluding carboxylic acids is 1. The Morgan fingerprint density at radius 1 is 1.35 bits per heavy atom. The largest absolute Gasteiger partial charge is 0.480 e. The van der Waals surface area contributed by atoms with E-state index >= 15 is 0 Å². The SMILES string of the molecule is O=C(O)COCCNC(=O)c1sccc1S(=O)(=O)N1CCCC1. The van der Waals surface area contributed by atoms with Crippen LogP contribution in [-0.4, -0.2) is 62.6 Å². The van der Waals surface area contributed by atoms with Crippen LogP contribution in [0.5, 0.6) is 0 Å². The summed E-state index contributed by atoms with van der Waals surface area (Å²) in [5, 5.41) is 12.5. The highest BCUT2D eigenvalue weighted by atomic mass is 32.2. The van der Waals surface area contributed by atoms with Gasteiger partial charge in [-0.3, -0.25) is 4.79 Å². The van der Waals surface area contributed by atoms with Gasteiger partial charge in [0, 0.05) is 19.6 Å². The number of hydrogen-bond donors (Lipinski definition) is 2. The Labute approximate surface area is 138 Å². The molecule has 2 heterocycles. The van der Waals surface area contributed by atoms with Crippen molar-refractivity contribution in [3.05, 3.63) is 16.3 Å². The molecule has 0 atom stereocenters. The number of hydrogen-bond acceptors (Lipinski definition) is 6. The van der Waals surface area contributed by atoms with Crippen molar-refractivity contribution in [2.24, 2.45) is 0 Å². The third-order valence-corrected chi connectivity index (χ3v) is 6.26. The van der Waals surface area contributed by atoms with Crippen LogP contribution in [0.4, 0.5) is 0 Å². The van der Waals surface area contributed by atoms with Gasteiger partial charge in [0.15, 0.2) is 0 Å². The molecule has 0 radical (unpaired) electrons. The van der Waals surface area contributed by atoms with Gasteiger partial charge in [-0.1, -0.05) is 0 Å². The molecule has 2 N–H and O–H groups in total. The van der Waals surface area contributed by atoms with Crippen molar-refractivity contribution in [2.75, 3.05) is 32.8 Å². The Kier molecular flexibility index (Phi) is 6.10. The lowest BCUT2D eigenvalue weighted by Crippen LogP contribution is -2.31. The summed E-state index contributed by atoms with van der Waals surface area (Å²) in [6.45, 7) is 0.652. The molecule has 0 spiro atoms. The van der Waals surface area contributed by atoms with Gasteiger partial charge in [0.25, 0.3) is 5.91 Å².